The van der Waals surface area contributed by atoms with Crippen LogP contribution >= 0.6 is 15.9 Å². The Morgan fingerprint density at radius 2 is 2.06 bits per heavy atom. The highest BCUT2D eigenvalue weighted by Gasteiger charge is 2.54. The van der Waals surface area contributed by atoms with Crippen molar-refractivity contribution in [2.45, 2.75) is 12.8 Å². The van der Waals surface area contributed by atoms with Gasteiger partial charge in [-0.05, 0) is 18.2 Å². The van der Waals surface area contributed by atoms with Crippen LogP contribution in [0, 0.1) is 0 Å². The van der Waals surface area contributed by atoms with E-state index in [1.807, 2.05) is 0 Å². The zero-order valence-electron chi connectivity index (χ0n) is 8.13. The molecule has 0 aromatic heterocycles. The number of imide groups is 1. The van der Waals surface area contributed by atoms with Crippen LogP contribution in [0.4, 0.5) is 14.5 Å². The van der Waals surface area contributed by atoms with Gasteiger partial charge in [-0.2, -0.15) is 8.78 Å². The number of fused-ring (bicyclic) bond motifs is 1. The van der Waals surface area contributed by atoms with Gasteiger partial charge in [0, 0.05) is 11.4 Å². The summed E-state index contributed by atoms with van der Waals surface area (Å²) in [6.07, 6.45) is 0. The molecule has 0 aliphatic carbocycles. The van der Waals surface area contributed by atoms with E-state index in [-0.39, 0.29) is 5.69 Å². The zero-order valence-corrected chi connectivity index (χ0v) is 9.72. The maximum Gasteiger partial charge on any atom is 0.352 e. The highest BCUT2D eigenvalue weighted by atomic mass is 79.9. The predicted octanol–water partition coefficient (Wildman–Crippen LogP) is 2.43. The van der Waals surface area contributed by atoms with Gasteiger partial charge in [-0.1, -0.05) is 15.9 Å². The molecule has 84 valence electrons. The summed E-state index contributed by atoms with van der Waals surface area (Å²) in [6.45, 7) is 1.07. The number of amides is 2. The van der Waals surface area contributed by atoms with Crippen molar-refractivity contribution < 1.29 is 18.4 Å². The average Bonchev–Trinajstić information content (AvgIpc) is 2.37. The molecule has 1 aliphatic heterocycles. The number of carbonyl (C=O) groups excluding carboxylic acids is 2. The fourth-order valence-corrected chi connectivity index (χ4v) is 1.99. The number of benzene rings is 1. The third kappa shape index (κ3) is 1.36. The van der Waals surface area contributed by atoms with Gasteiger partial charge in [-0.15, -0.1) is 0 Å². The lowest BCUT2D eigenvalue weighted by Gasteiger charge is -2.12. The summed E-state index contributed by atoms with van der Waals surface area (Å²) in [5.74, 6) is -5.84. The van der Waals surface area contributed by atoms with Gasteiger partial charge in [0.1, 0.15) is 0 Å². The van der Waals surface area contributed by atoms with Crippen molar-refractivity contribution in [3.05, 3.63) is 28.2 Å². The normalized spacial score (nSPS) is 17.5. The van der Waals surface area contributed by atoms with E-state index < -0.39 is 23.3 Å². The molecule has 2 amide bonds. The van der Waals surface area contributed by atoms with Crippen LogP contribution in [0.5, 0.6) is 0 Å². The predicted molar refractivity (Wildman–Crippen MR) is 56.2 cm³/mol. The maximum absolute atomic E-state index is 13.6. The number of hydrogen-bond donors (Lipinski definition) is 0. The Bertz CT molecular complexity index is 502. The summed E-state index contributed by atoms with van der Waals surface area (Å²) in [6, 6.07) is 3.97. The molecular formula is C10H6BrF2NO2. The van der Waals surface area contributed by atoms with Gasteiger partial charge in [0.2, 0.25) is 5.91 Å². The van der Waals surface area contributed by atoms with Crippen LogP contribution in [-0.4, -0.2) is 11.8 Å². The van der Waals surface area contributed by atoms with Crippen LogP contribution in [0.15, 0.2) is 22.7 Å². The molecule has 1 heterocycles. The molecule has 2 rings (SSSR count). The lowest BCUT2D eigenvalue weighted by Crippen LogP contribution is -2.37. The average molecular weight is 290 g/mol. The number of hydrogen-bond acceptors (Lipinski definition) is 2. The molecule has 0 bridgehead atoms. The number of halogens is 3. The molecule has 3 nitrogen and oxygen atoms in total. The Morgan fingerprint density at radius 1 is 1.44 bits per heavy atom. The Labute approximate surface area is 98.2 Å². The lowest BCUT2D eigenvalue weighted by molar-refractivity contribution is -0.143. The molecule has 0 N–H and O–H groups in total. The molecule has 6 heteroatoms. The van der Waals surface area contributed by atoms with E-state index in [0.29, 0.717) is 9.37 Å². The topological polar surface area (TPSA) is 37.4 Å². The highest BCUT2D eigenvalue weighted by Crippen LogP contribution is 2.45. The van der Waals surface area contributed by atoms with Crippen molar-refractivity contribution in [1.29, 1.82) is 0 Å². The molecular weight excluding hydrogens is 284 g/mol. The van der Waals surface area contributed by atoms with Crippen LogP contribution in [-0.2, 0) is 15.5 Å². The smallest absolute Gasteiger partial charge is 0.274 e. The van der Waals surface area contributed by atoms with Crippen molar-refractivity contribution in [2.24, 2.45) is 0 Å². The van der Waals surface area contributed by atoms with Gasteiger partial charge >= 0.3 is 11.8 Å². The largest absolute Gasteiger partial charge is 0.352 e. The van der Waals surface area contributed by atoms with Gasteiger partial charge in [0.15, 0.2) is 0 Å². The Morgan fingerprint density at radius 3 is 2.62 bits per heavy atom. The molecule has 16 heavy (non-hydrogen) atoms. The molecule has 1 aromatic rings. The van der Waals surface area contributed by atoms with E-state index in [1.165, 1.54) is 12.1 Å². The number of nitrogens with zero attached hydrogens (tertiary/aromatic N) is 1. The van der Waals surface area contributed by atoms with Crippen molar-refractivity contribution in [3.63, 3.8) is 0 Å². The molecule has 0 radical (unpaired) electrons. The van der Waals surface area contributed by atoms with Gasteiger partial charge < -0.3 is 0 Å². The summed E-state index contributed by atoms with van der Waals surface area (Å²) in [5.41, 5.74) is -0.493. The fourth-order valence-electron chi connectivity index (χ4n) is 1.63. The van der Waals surface area contributed by atoms with Gasteiger partial charge in [0.25, 0.3) is 0 Å². The fraction of sp³-hybridized carbons (Fsp3) is 0.200. The third-order valence-corrected chi connectivity index (χ3v) is 2.82. The highest BCUT2D eigenvalue weighted by molar-refractivity contribution is 9.10. The van der Waals surface area contributed by atoms with E-state index in [1.54, 1.807) is 0 Å². The Balaban J connectivity index is 2.69. The molecule has 0 atom stereocenters. The van der Waals surface area contributed by atoms with Crippen LogP contribution in [0.1, 0.15) is 12.5 Å². The summed E-state index contributed by atoms with van der Waals surface area (Å²) in [7, 11) is 0. The summed E-state index contributed by atoms with van der Waals surface area (Å²) in [5, 5.41) is 0. The molecule has 0 saturated carbocycles. The van der Waals surface area contributed by atoms with Crippen LogP contribution in [0.2, 0.25) is 0 Å². The van der Waals surface area contributed by atoms with Gasteiger partial charge in [-0.25, -0.2) is 4.90 Å². The monoisotopic (exact) mass is 289 g/mol. The molecule has 0 saturated heterocycles. The first-order valence-electron chi connectivity index (χ1n) is 4.38. The first-order chi connectivity index (χ1) is 7.35. The Hall–Kier alpha value is -1.30. The van der Waals surface area contributed by atoms with Gasteiger partial charge in [-0.3, -0.25) is 9.59 Å². The number of alkyl halides is 2. The minimum Gasteiger partial charge on any atom is -0.274 e. The SMILES string of the molecule is CC(=O)N1C(=O)C(F)(F)c2cc(Br)ccc21. The minimum atomic E-state index is -3.63. The molecule has 0 unspecified atom stereocenters. The van der Waals surface area contributed by atoms with Crippen LogP contribution < -0.4 is 4.90 Å². The standard InChI is InChI=1S/C10H6BrF2NO2/c1-5(15)14-8-3-2-6(11)4-7(8)10(12,13)9(14)16/h2-4H,1H3. The Kier molecular flexibility index (Phi) is 2.34. The summed E-state index contributed by atoms with van der Waals surface area (Å²) >= 11 is 3.05. The van der Waals surface area contributed by atoms with Crippen molar-refractivity contribution in [2.75, 3.05) is 4.90 Å². The second-order valence-corrected chi connectivity index (χ2v) is 4.31. The van der Waals surface area contributed by atoms with Gasteiger partial charge in [0.05, 0.1) is 11.3 Å². The van der Waals surface area contributed by atoms with Crippen LogP contribution in [0.25, 0.3) is 0 Å². The first kappa shape index (κ1) is 11.2. The van der Waals surface area contributed by atoms with Crippen molar-refractivity contribution in [1.82, 2.24) is 0 Å². The number of carbonyl (C=O) groups is 2. The second-order valence-electron chi connectivity index (χ2n) is 3.40. The van der Waals surface area contributed by atoms with E-state index in [9.17, 15) is 18.4 Å². The van der Waals surface area contributed by atoms with E-state index >= 15 is 0 Å². The quantitative estimate of drug-likeness (QED) is 0.736. The van der Waals surface area contributed by atoms with Crippen molar-refractivity contribution in [3.8, 4) is 0 Å². The third-order valence-electron chi connectivity index (χ3n) is 2.32. The van der Waals surface area contributed by atoms with Crippen LogP contribution in [0.3, 0.4) is 0 Å². The zero-order chi connectivity index (χ0) is 12.1. The van der Waals surface area contributed by atoms with E-state index in [2.05, 4.69) is 15.9 Å². The molecule has 1 aliphatic rings. The molecule has 1 aromatic carbocycles. The summed E-state index contributed by atoms with van der Waals surface area (Å²) < 4.78 is 27.5. The van der Waals surface area contributed by atoms with E-state index in [4.69, 9.17) is 0 Å². The maximum atomic E-state index is 13.6. The second kappa shape index (κ2) is 3.35. The van der Waals surface area contributed by atoms with Crippen molar-refractivity contribution >= 4 is 33.4 Å². The summed E-state index contributed by atoms with van der Waals surface area (Å²) in [4.78, 5) is 23.0. The first-order valence-corrected chi connectivity index (χ1v) is 5.18. The minimum absolute atomic E-state index is 0.0503. The molecule has 0 spiro atoms. The molecule has 0 fully saturated rings. The lowest BCUT2D eigenvalue weighted by atomic mass is 10.1. The number of anilines is 1. The van der Waals surface area contributed by atoms with E-state index in [0.717, 1.165) is 13.0 Å². The number of rotatable bonds is 0.